The molecule has 0 bridgehead atoms. The van der Waals surface area contributed by atoms with Crippen LogP contribution >= 0.6 is 0 Å². The highest BCUT2D eigenvalue weighted by molar-refractivity contribution is 5.90. The van der Waals surface area contributed by atoms with E-state index in [-0.39, 0.29) is 24.0 Å². The predicted octanol–water partition coefficient (Wildman–Crippen LogP) is 2.15. The number of amides is 2. The summed E-state index contributed by atoms with van der Waals surface area (Å²) in [7, 11) is 0. The highest BCUT2D eigenvalue weighted by Gasteiger charge is 2.36. The van der Waals surface area contributed by atoms with Crippen LogP contribution in [0.5, 0.6) is 0 Å². The van der Waals surface area contributed by atoms with Crippen LogP contribution in [0, 0.1) is 12.8 Å². The molecular weight excluding hydrogens is 316 g/mol. The van der Waals surface area contributed by atoms with Crippen LogP contribution in [-0.2, 0) is 16.1 Å². The minimum absolute atomic E-state index is 0.0498. The van der Waals surface area contributed by atoms with Gasteiger partial charge in [0.05, 0.1) is 6.10 Å². The number of carbonyl (C=O) groups is 2. The molecule has 0 aromatic heterocycles. The fourth-order valence-electron chi connectivity index (χ4n) is 3.91. The van der Waals surface area contributed by atoms with E-state index in [9.17, 15) is 14.7 Å². The van der Waals surface area contributed by atoms with E-state index in [2.05, 4.69) is 5.32 Å². The van der Waals surface area contributed by atoms with Crippen LogP contribution in [0.2, 0.25) is 0 Å². The SMILES string of the molecule is Cc1ccc(CN2C(=O)CCC2C(=O)NCC2CCCC(O)C2)cc1. The normalized spacial score (nSPS) is 26.7. The molecule has 136 valence electrons. The van der Waals surface area contributed by atoms with Gasteiger partial charge >= 0.3 is 0 Å². The van der Waals surface area contributed by atoms with Crippen molar-refractivity contribution in [2.45, 2.75) is 64.1 Å². The number of aliphatic hydroxyl groups excluding tert-OH is 1. The molecule has 2 fully saturated rings. The van der Waals surface area contributed by atoms with Gasteiger partial charge in [0.15, 0.2) is 0 Å². The molecule has 3 rings (SSSR count). The smallest absolute Gasteiger partial charge is 0.242 e. The lowest BCUT2D eigenvalue weighted by molar-refractivity contribution is -0.135. The number of aryl methyl sites for hydroxylation is 1. The summed E-state index contributed by atoms with van der Waals surface area (Å²) in [5, 5.41) is 12.8. The van der Waals surface area contributed by atoms with Crippen LogP contribution in [0.4, 0.5) is 0 Å². The van der Waals surface area contributed by atoms with E-state index < -0.39 is 0 Å². The van der Waals surface area contributed by atoms with Crippen LogP contribution in [0.15, 0.2) is 24.3 Å². The Balaban J connectivity index is 1.56. The summed E-state index contributed by atoms with van der Waals surface area (Å²) < 4.78 is 0. The van der Waals surface area contributed by atoms with Gasteiger partial charge < -0.3 is 15.3 Å². The molecule has 1 saturated carbocycles. The van der Waals surface area contributed by atoms with Crippen molar-refractivity contribution in [1.29, 1.82) is 0 Å². The Morgan fingerprint density at radius 3 is 2.72 bits per heavy atom. The quantitative estimate of drug-likeness (QED) is 0.860. The zero-order chi connectivity index (χ0) is 17.8. The van der Waals surface area contributed by atoms with Gasteiger partial charge in [-0.3, -0.25) is 9.59 Å². The zero-order valence-corrected chi connectivity index (χ0v) is 14.9. The molecule has 1 aromatic rings. The Bertz CT molecular complexity index is 614. The minimum Gasteiger partial charge on any atom is -0.393 e. The molecule has 3 unspecified atom stereocenters. The van der Waals surface area contributed by atoms with E-state index in [0.717, 1.165) is 31.2 Å². The first-order chi connectivity index (χ1) is 12.0. The van der Waals surface area contributed by atoms with Gasteiger partial charge in [0.25, 0.3) is 0 Å². The van der Waals surface area contributed by atoms with Crippen LogP contribution in [0.1, 0.15) is 49.7 Å². The first-order valence-corrected chi connectivity index (χ1v) is 9.33. The van der Waals surface area contributed by atoms with Gasteiger partial charge in [-0.05, 0) is 44.1 Å². The third-order valence-electron chi connectivity index (χ3n) is 5.42. The maximum atomic E-state index is 12.6. The summed E-state index contributed by atoms with van der Waals surface area (Å²) in [5.74, 6) is 0.335. The Morgan fingerprint density at radius 1 is 1.24 bits per heavy atom. The lowest BCUT2D eigenvalue weighted by atomic mass is 9.87. The van der Waals surface area contributed by atoms with Gasteiger partial charge in [-0.2, -0.15) is 0 Å². The average molecular weight is 344 g/mol. The van der Waals surface area contributed by atoms with Crippen molar-refractivity contribution in [2.75, 3.05) is 6.54 Å². The Hall–Kier alpha value is -1.88. The average Bonchev–Trinajstić information content (AvgIpc) is 2.96. The number of hydrogen-bond acceptors (Lipinski definition) is 3. The molecule has 2 aliphatic rings. The number of carbonyl (C=O) groups excluding carboxylic acids is 2. The van der Waals surface area contributed by atoms with Crippen LogP contribution in [0.25, 0.3) is 0 Å². The fraction of sp³-hybridized carbons (Fsp3) is 0.600. The van der Waals surface area contributed by atoms with Crippen LogP contribution < -0.4 is 5.32 Å². The van der Waals surface area contributed by atoms with E-state index in [1.807, 2.05) is 31.2 Å². The highest BCUT2D eigenvalue weighted by atomic mass is 16.3. The molecule has 1 aromatic carbocycles. The fourth-order valence-corrected chi connectivity index (χ4v) is 3.91. The van der Waals surface area contributed by atoms with E-state index in [1.165, 1.54) is 5.56 Å². The maximum Gasteiger partial charge on any atom is 0.242 e. The molecule has 1 heterocycles. The summed E-state index contributed by atoms with van der Waals surface area (Å²) in [4.78, 5) is 26.5. The number of nitrogens with one attached hydrogen (secondary N) is 1. The lowest BCUT2D eigenvalue weighted by Gasteiger charge is -2.28. The van der Waals surface area contributed by atoms with Crippen molar-refractivity contribution in [3.63, 3.8) is 0 Å². The molecule has 5 heteroatoms. The second-order valence-electron chi connectivity index (χ2n) is 7.49. The first-order valence-electron chi connectivity index (χ1n) is 9.33. The lowest BCUT2D eigenvalue weighted by Crippen LogP contribution is -2.46. The molecule has 2 N–H and O–H groups in total. The van der Waals surface area contributed by atoms with Crippen molar-refractivity contribution in [2.24, 2.45) is 5.92 Å². The molecular formula is C20H28N2O3. The van der Waals surface area contributed by atoms with Crippen molar-refractivity contribution in [3.05, 3.63) is 35.4 Å². The van der Waals surface area contributed by atoms with Crippen LogP contribution in [-0.4, -0.2) is 40.5 Å². The van der Waals surface area contributed by atoms with Gasteiger partial charge in [-0.25, -0.2) is 0 Å². The molecule has 25 heavy (non-hydrogen) atoms. The Kier molecular flexibility index (Phi) is 5.74. The van der Waals surface area contributed by atoms with Crippen molar-refractivity contribution >= 4 is 11.8 Å². The monoisotopic (exact) mass is 344 g/mol. The molecule has 1 saturated heterocycles. The Morgan fingerprint density at radius 2 is 2.00 bits per heavy atom. The molecule has 1 aliphatic carbocycles. The van der Waals surface area contributed by atoms with E-state index in [4.69, 9.17) is 0 Å². The number of hydrogen-bond donors (Lipinski definition) is 2. The van der Waals surface area contributed by atoms with Crippen molar-refractivity contribution < 1.29 is 14.7 Å². The molecule has 5 nitrogen and oxygen atoms in total. The summed E-state index contributed by atoms with van der Waals surface area (Å²) in [6.45, 7) is 3.11. The first kappa shape index (κ1) is 17.9. The summed E-state index contributed by atoms with van der Waals surface area (Å²) >= 11 is 0. The summed E-state index contributed by atoms with van der Waals surface area (Å²) in [6.07, 6.45) is 4.48. The van der Waals surface area contributed by atoms with E-state index >= 15 is 0 Å². The molecule has 0 spiro atoms. The van der Waals surface area contributed by atoms with Gasteiger partial charge in [0.2, 0.25) is 11.8 Å². The molecule has 3 atom stereocenters. The van der Waals surface area contributed by atoms with E-state index in [0.29, 0.717) is 31.8 Å². The standard InChI is InChI=1S/C20H28N2O3/c1-14-5-7-15(8-6-14)13-22-18(9-10-19(22)24)20(25)21-12-16-3-2-4-17(23)11-16/h5-8,16-18,23H,2-4,9-13H2,1H3,(H,21,25). The number of rotatable bonds is 5. The summed E-state index contributed by atoms with van der Waals surface area (Å²) in [5.41, 5.74) is 2.23. The third kappa shape index (κ3) is 4.60. The highest BCUT2D eigenvalue weighted by Crippen LogP contribution is 2.25. The number of benzene rings is 1. The maximum absolute atomic E-state index is 12.6. The largest absolute Gasteiger partial charge is 0.393 e. The molecule has 0 radical (unpaired) electrons. The summed E-state index contributed by atoms with van der Waals surface area (Å²) in [6, 6.07) is 7.71. The number of nitrogens with zero attached hydrogens (tertiary/aromatic N) is 1. The van der Waals surface area contributed by atoms with Gasteiger partial charge in [0, 0.05) is 19.5 Å². The van der Waals surface area contributed by atoms with Crippen LogP contribution in [0.3, 0.4) is 0 Å². The minimum atomic E-state index is -0.373. The number of aliphatic hydroxyl groups is 1. The molecule has 2 amide bonds. The Labute approximate surface area is 149 Å². The van der Waals surface area contributed by atoms with Gasteiger partial charge in [-0.15, -0.1) is 0 Å². The second-order valence-corrected chi connectivity index (χ2v) is 7.49. The zero-order valence-electron chi connectivity index (χ0n) is 14.9. The van der Waals surface area contributed by atoms with E-state index in [1.54, 1.807) is 4.90 Å². The predicted molar refractivity (Wildman–Crippen MR) is 95.7 cm³/mol. The third-order valence-corrected chi connectivity index (χ3v) is 5.42. The molecule has 1 aliphatic heterocycles. The second kappa shape index (κ2) is 8.00. The number of likely N-dealkylation sites (tertiary alicyclic amines) is 1. The van der Waals surface area contributed by atoms with Crippen molar-refractivity contribution in [3.8, 4) is 0 Å². The van der Waals surface area contributed by atoms with Gasteiger partial charge in [-0.1, -0.05) is 36.2 Å². The topological polar surface area (TPSA) is 69.6 Å². The van der Waals surface area contributed by atoms with Crippen molar-refractivity contribution in [1.82, 2.24) is 10.2 Å². The van der Waals surface area contributed by atoms with Gasteiger partial charge in [0.1, 0.15) is 6.04 Å².